The van der Waals surface area contributed by atoms with Crippen molar-refractivity contribution in [3.05, 3.63) is 52.0 Å². The molecule has 0 radical (unpaired) electrons. The van der Waals surface area contributed by atoms with Gasteiger partial charge in [0.1, 0.15) is 0 Å². The van der Waals surface area contributed by atoms with E-state index in [2.05, 4.69) is 32.0 Å². The normalized spacial score (nSPS) is 19.8. The minimum atomic E-state index is -0.248. The van der Waals surface area contributed by atoms with Crippen LogP contribution in [0.15, 0.2) is 34.7 Å². The molecule has 3 heteroatoms. The Morgan fingerprint density at radius 2 is 1.72 bits per heavy atom. The summed E-state index contributed by atoms with van der Waals surface area (Å²) in [7, 11) is 0. The third kappa shape index (κ3) is 4.12. The molecule has 0 aliphatic heterocycles. The summed E-state index contributed by atoms with van der Waals surface area (Å²) in [5, 5.41) is 2.77. The predicted molar refractivity (Wildman–Crippen MR) is 123 cm³/mol. The van der Waals surface area contributed by atoms with E-state index in [1.807, 2.05) is 12.1 Å². The summed E-state index contributed by atoms with van der Waals surface area (Å²) in [6.45, 7) is 4.40. The smallest absolute Gasteiger partial charge is 0.198 e. The molecule has 4 rings (SSSR count). The molecule has 1 heterocycles. The van der Waals surface area contributed by atoms with E-state index in [-0.39, 0.29) is 5.82 Å². The SMILES string of the molecule is CCCCc1ccc2c(oc(=S)c3cc(C4CCC(CCC)CC4)ccc32)c1F. The van der Waals surface area contributed by atoms with Crippen molar-refractivity contribution in [2.75, 3.05) is 0 Å². The fraction of sp³-hybridized carbons (Fsp3) is 0.500. The van der Waals surface area contributed by atoms with Crippen molar-refractivity contribution < 1.29 is 8.81 Å². The van der Waals surface area contributed by atoms with Crippen molar-refractivity contribution in [3.63, 3.8) is 0 Å². The molecule has 1 aliphatic carbocycles. The van der Waals surface area contributed by atoms with Crippen molar-refractivity contribution in [3.8, 4) is 0 Å². The van der Waals surface area contributed by atoms with E-state index in [4.69, 9.17) is 16.6 Å². The van der Waals surface area contributed by atoms with Crippen LogP contribution in [0.1, 0.15) is 82.3 Å². The van der Waals surface area contributed by atoms with Crippen LogP contribution >= 0.6 is 12.2 Å². The topological polar surface area (TPSA) is 13.1 Å². The third-order valence-corrected chi connectivity index (χ3v) is 7.04. The fourth-order valence-corrected chi connectivity index (χ4v) is 5.28. The number of hydrogen-bond acceptors (Lipinski definition) is 2. The molecule has 0 bridgehead atoms. The summed E-state index contributed by atoms with van der Waals surface area (Å²) in [6, 6.07) is 10.5. The van der Waals surface area contributed by atoms with Crippen LogP contribution in [0.3, 0.4) is 0 Å². The van der Waals surface area contributed by atoms with Gasteiger partial charge in [0.2, 0.25) is 0 Å². The van der Waals surface area contributed by atoms with Crippen LogP contribution in [0.4, 0.5) is 4.39 Å². The second-order valence-electron chi connectivity index (χ2n) is 8.72. The van der Waals surface area contributed by atoms with Crippen LogP contribution in [-0.2, 0) is 6.42 Å². The lowest BCUT2D eigenvalue weighted by atomic mass is 9.77. The molecule has 1 saturated carbocycles. The minimum absolute atomic E-state index is 0.248. The maximum Gasteiger partial charge on any atom is 0.198 e. The molecule has 1 fully saturated rings. The van der Waals surface area contributed by atoms with E-state index in [1.165, 1.54) is 44.1 Å². The minimum Gasteiger partial charge on any atom is -0.441 e. The van der Waals surface area contributed by atoms with E-state index in [0.717, 1.165) is 46.9 Å². The van der Waals surface area contributed by atoms with Crippen molar-refractivity contribution in [2.24, 2.45) is 5.92 Å². The van der Waals surface area contributed by atoms with Crippen LogP contribution in [0.2, 0.25) is 0 Å². The van der Waals surface area contributed by atoms with Crippen LogP contribution < -0.4 is 0 Å². The lowest BCUT2D eigenvalue weighted by molar-refractivity contribution is 0.308. The number of aryl methyl sites for hydroxylation is 1. The summed E-state index contributed by atoms with van der Waals surface area (Å²) >= 11 is 5.55. The summed E-state index contributed by atoms with van der Waals surface area (Å²) in [4.78, 5) is 0. The molecule has 0 amide bonds. The van der Waals surface area contributed by atoms with Crippen LogP contribution in [0, 0.1) is 16.4 Å². The number of rotatable bonds is 6. The van der Waals surface area contributed by atoms with Gasteiger partial charge < -0.3 is 4.42 Å². The standard InChI is InChI=1S/C26H31FOS/c1-3-5-7-19-12-15-22-21-14-13-20(18-10-8-17(6-4-2)9-11-18)16-23(21)26(29)28-25(22)24(19)27/h12-18H,3-11H2,1-2H3. The van der Waals surface area contributed by atoms with Crippen LogP contribution in [0.25, 0.3) is 21.7 Å². The van der Waals surface area contributed by atoms with Gasteiger partial charge in [-0.3, -0.25) is 0 Å². The molecular weight excluding hydrogens is 379 g/mol. The first-order valence-electron chi connectivity index (χ1n) is 11.3. The molecular formula is C26H31FOS. The molecule has 0 unspecified atom stereocenters. The average Bonchev–Trinajstić information content (AvgIpc) is 2.74. The first-order chi connectivity index (χ1) is 14.1. The summed E-state index contributed by atoms with van der Waals surface area (Å²) in [5.41, 5.74) is 2.38. The van der Waals surface area contributed by atoms with Gasteiger partial charge in [-0.05, 0) is 85.2 Å². The van der Waals surface area contributed by atoms with Gasteiger partial charge in [0.25, 0.3) is 0 Å². The van der Waals surface area contributed by atoms with Gasteiger partial charge in [-0.2, -0.15) is 0 Å². The zero-order chi connectivity index (χ0) is 20.4. The Morgan fingerprint density at radius 1 is 0.966 bits per heavy atom. The first kappa shape index (κ1) is 20.5. The van der Waals surface area contributed by atoms with E-state index in [0.29, 0.717) is 16.2 Å². The Balaban J connectivity index is 1.70. The van der Waals surface area contributed by atoms with Gasteiger partial charge in [0.05, 0.1) is 0 Å². The lowest BCUT2D eigenvalue weighted by Crippen LogP contribution is -2.13. The van der Waals surface area contributed by atoms with Crippen molar-refractivity contribution in [1.29, 1.82) is 0 Å². The highest BCUT2D eigenvalue weighted by atomic mass is 32.1. The van der Waals surface area contributed by atoms with E-state index in [9.17, 15) is 0 Å². The Bertz CT molecular complexity index is 1060. The highest BCUT2D eigenvalue weighted by Crippen LogP contribution is 2.39. The fourth-order valence-electron chi connectivity index (χ4n) is 5.03. The molecule has 0 N–H and O–H groups in total. The van der Waals surface area contributed by atoms with E-state index >= 15 is 4.39 Å². The summed E-state index contributed by atoms with van der Waals surface area (Å²) in [5.74, 6) is 1.25. The molecule has 154 valence electrons. The Kier molecular flexibility index (Phi) is 6.34. The van der Waals surface area contributed by atoms with Gasteiger partial charge in [-0.1, -0.05) is 57.4 Å². The molecule has 0 atom stereocenters. The summed E-state index contributed by atoms with van der Waals surface area (Å²) in [6.07, 6.45) is 10.6. The van der Waals surface area contributed by atoms with Crippen molar-refractivity contribution >= 4 is 34.0 Å². The molecule has 29 heavy (non-hydrogen) atoms. The zero-order valence-electron chi connectivity index (χ0n) is 17.6. The molecule has 2 aromatic carbocycles. The Morgan fingerprint density at radius 3 is 2.45 bits per heavy atom. The van der Waals surface area contributed by atoms with E-state index < -0.39 is 0 Å². The Hall–Kier alpha value is -1.74. The second-order valence-corrected chi connectivity index (χ2v) is 9.09. The Labute approximate surface area is 178 Å². The molecule has 1 aromatic heterocycles. The lowest BCUT2D eigenvalue weighted by Gasteiger charge is -2.28. The zero-order valence-corrected chi connectivity index (χ0v) is 18.4. The highest BCUT2D eigenvalue weighted by Gasteiger charge is 2.22. The maximum absolute atomic E-state index is 15.0. The third-order valence-electron chi connectivity index (χ3n) is 6.74. The first-order valence-corrected chi connectivity index (χ1v) is 11.7. The number of hydrogen-bond donors (Lipinski definition) is 0. The predicted octanol–water partition coefficient (Wildman–Crippen LogP) is 8.87. The van der Waals surface area contributed by atoms with Gasteiger partial charge in [-0.25, -0.2) is 4.39 Å². The van der Waals surface area contributed by atoms with Gasteiger partial charge in [0.15, 0.2) is 16.1 Å². The van der Waals surface area contributed by atoms with Gasteiger partial charge >= 0.3 is 0 Å². The maximum atomic E-state index is 15.0. The molecule has 1 nitrogen and oxygen atoms in total. The summed E-state index contributed by atoms with van der Waals surface area (Å²) < 4.78 is 21.3. The van der Waals surface area contributed by atoms with Crippen LogP contribution in [0.5, 0.6) is 0 Å². The van der Waals surface area contributed by atoms with Crippen molar-refractivity contribution in [2.45, 2.75) is 77.6 Å². The number of fused-ring (bicyclic) bond motifs is 3. The van der Waals surface area contributed by atoms with E-state index in [1.54, 1.807) is 0 Å². The quantitative estimate of drug-likeness (QED) is 0.297. The molecule has 1 aliphatic rings. The second kappa shape index (κ2) is 8.95. The number of unbranched alkanes of at least 4 members (excludes halogenated alkanes) is 1. The number of benzene rings is 2. The van der Waals surface area contributed by atoms with Gasteiger partial charge in [0, 0.05) is 10.8 Å². The monoisotopic (exact) mass is 410 g/mol. The largest absolute Gasteiger partial charge is 0.441 e. The van der Waals surface area contributed by atoms with Crippen LogP contribution in [-0.4, -0.2) is 0 Å². The molecule has 3 aromatic rings. The van der Waals surface area contributed by atoms with Crippen molar-refractivity contribution in [1.82, 2.24) is 0 Å². The highest BCUT2D eigenvalue weighted by molar-refractivity contribution is 7.71. The average molecular weight is 411 g/mol. The van der Waals surface area contributed by atoms with Gasteiger partial charge in [-0.15, -0.1) is 0 Å². The number of halogens is 1. The molecule has 0 spiro atoms. The molecule has 0 saturated heterocycles.